The van der Waals surface area contributed by atoms with Gasteiger partial charge in [-0.1, -0.05) is 6.92 Å². The number of likely N-dealkylation sites (N-methyl/N-ethyl adjacent to an activating group) is 1. The molecule has 0 unspecified atom stereocenters. The van der Waals surface area contributed by atoms with Crippen LogP contribution in [0.5, 0.6) is 0 Å². The molecular weight excluding hydrogens is 171 g/mol. The maximum Gasteiger partial charge on any atom is 0.0204 e. The van der Waals surface area contributed by atoms with Crippen molar-refractivity contribution in [3.8, 4) is 0 Å². The molecule has 0 bridgehead atoms. The molecule has 2 nitrogen and oxygen atoms in total. The molecule has 2 N–H and O–H groups in total. The van der Waals surface area contributed by atoms with Gasteiger partial charge in [-0.3, -0.25) is 0 Å². The molecule has 0 radical (unpaired) electrons. The van der Waals surface area contributed by atoms with Crippen LogP contribution >= 0.6 is 24.8 Å². The first-order valence-corrected chi connectivity index (χ1v) is 3.37. The van der Waals surface area contributed by atoms with Crippen molar-refractivity contribution in [2.24, 2.45) is 0 Å². The van der Waals surface area contributed by atoms with Gasteiger partial charge in [0.2, 0.25) is 0 Å². The van der Waals surface area contributed by atoms with E-state index < -0.39 is 0 Å². The van der Waals surface area contributed by atoms with Crippen LogP contribution in [0.2, 0.25) is 0 Å². The van der Waals surface area contributed by atoms with Crippen LogP contribution in [0.4, 0.5) is 0 Å². The van der Waals surface area contributed by atoms with E-state index in [1.54, 1.807) is 0 Å². The molecule has 10 heavy (non-hydrogen) atoms. The third-order valence-electron chi connectivity index (χ3n) is 1.55. The number of hydrogen-bond donors (Lipinski definition) is 2. The van der Waals surface area contributed by atoms with Crippen LogP contribution in [-0.2, 0) is 0 Å². The van der Waals surface area contributed by atoms with Gasteiger partial charge in [-0.05, 0) is 19.5 Å². The van der Waals surface area contributed by atoms with Crippen LogP contribution in [0.1, 0.15) is 13.3 Å². The lowest BCUT2D eigenvalue weighted by atomic mass is 10.3. The van der Waals surface area contributed by atoms with Gasteiger partial charge < -0.3 is 10.6 Å². The summed E-state index contributed by atoms with van der Waals surface area (Å²) < 4.78 is 0. The molecule has 0 amide bonds. The number of halogens is 2. The second-order valence-electron chi connectivity index (χ2n) is 2.25. The predicted molar refractivity (Wildman–Crippen MR) is 49.4 cm³/mol. The van der Waals surface area contributed by atoms with E-state index in [4.69, 9.17) is 0 Å². The molecule has 64 valence electrons. The predicted octanol–water partition coefficient (Wildman–Crippen LogP) is 0.801. The van der Waals surface area contributed by atoms with Crippen molar-refractivity contribution in [3.63, 3.8) is 0 Å². The SMILES string of the molecule is CCN[C@H]1CCNC1.Cl.Cl. The molecule has 0 aromatic heterocycles. The lowest BCUT2D eigenvalue weighted by molar-refractivity contribution is 0.567. The van der Waals surface area contributed by atoms with Crippen LogP contribution in [0, 0.1) is 0 Å². The fraction of sp³-hybridized carbons (Fsp3) is 1.00. The van der Waals surface area contributed by atoms with E-state index in [-0.39, 0.29) is 24.8 Å². The number of rotatable bonds is 2. The van der Waals surface area contributed by atoms with Crippen LogP contribution in [0.3, 0.4) is 0 Å². The quantitative estimate of drug-likeness (QED) is 0.668. The molecular formula is C6H16Cl2N2. The molecule has 1 aliphatic heterocycles. The first-order valence-electron chi connectivity index (χ1n) is 3.37. The van der Waals surface area contributed by atoms with Crippen molar-refractivity contribution >= 4 is 24.8 Å². The van der Waals surface area contributed by atoms with E-state index in [0.29, 0.717) is 0 Å². The van der Waals surface area contributed by atoms with Gasteiger partial charge in [-0.25, -0.2) is 0 Å². The topological polar surface area (TPSA) is 24.1 Å². The molecule has 0 saturated carbocycles. The Balaban J connectivity index is 0. The van der Waals surface area contributed by atoms with Gasteiger partial charge in [-0.15, -0.1) is 24.8 Å². The average Bonchev–Trinajstić information content (AvgIpc) is 2.19. The standard InChI is InChI=1S/C6H14N2.2ClH/c1-2-8-6-3-4-7-5-6;;/h6-8H,2-5H2,1H3;2*1H/t6-;;/m0../s1. The Kier molecular flexibility index (Phi) is 9.97. The van der Waals surface area contributed by atoms with Crippen LogP contribution in [0.15, 0.2) is 0 Å². The van der Waals surface area contributed by atoms with Gasteiger partial charge in [0.25, 0.3) is 0 Å². The first-order chi connectivity index (χ1) is 3.93. The summed E-state index contributed by atoms with van der Waals surface area (Å²) in [6, 6.07) is 0.750. The number of nitrogens with one attached hydrogen (secondary N) is 2. The fourth-order valence-corrected chi connectivity index (χ4v) is 1.12. The van der Waals surface area contributed by atoms with E-state index >= 15 is 0 Å². The van der Waals surface area contributed by atoms with E-state index in [9.17, 15) is 0 Å². The monoisotopic (exact) mass is 186 g/mol. The van der Waals surface area contributed by atoms with Gasteiger partial charge in [0.15, 0.2) is 0 Å². The Morgan fingerprint density at radius 2 is 2.20 bits per heavy atom. The average molecular weight is 187 g/mol. The van der Waals surface area contributed by atoms with Crippen LogP contribution in [-0.4, -0.2) is 25.7 Å². The van der Waals surface area contributed by atoms with E-state index in [1.807, 2.05) is 0 Å². The summed E-state index contributed by atoms with van der Waals surface area (Å²) in [5.74, 6) is 0. The summed E-state index contributed by atoms with van der Waals surface area (Å²) in [6.07, 6.45) is 1.30. The second-order valence-corrected chi connectivity index (χ2v) is 2.25. The third kappa shape index (κ3) is 4.34. The molecule has 0 aromatic carbocycles. The first kappa shape index (κ1) is 13.1. The van der Waals surface area contributed by atoms with Gasteiger partial charge in [0, 0.05) is 12.6 Å². The maximum absolute atomic E-state index is 3.38. The molecule has 0 aromatic rings. The van der Waals surface area contributed by atoms with Crippen molar-refractivity contribution in [1.29, 1.82) is 0 Å². The molecule has 1 rings (SSSR count). The van der Waals surface area contributed by atoms with E-state index in [0.717, 1.165) is 19.1 Å². The molecule has 0 spiro atoms. The highest BCUT2D eigenvalue weighted by atomic mass is 35.5. The van der Waals surface area contributed by atoms with Gasteiger partial charge in [-0.2, -0.15) is 0 Å². The molecule has 1 atom stereocenters. The summed E-state index contributed by atoms with van der Waals surface area (Å²) in [5.41, 5.74) is 0. The summed E-state index contributed by atoms with van der Waals surface area (Å²) >= 11 is 0. The Hall–Kier alpha value is 0.500. The molecule has 1 aliphatic rings. The highest BCUT2D eigenvalue weighted by molar-refractivity contribution is 5.85. The van der Waals surface area contributed by atoms with E-state index in [1.165, 1.54) is 13.0 Å². The molecule has 1 saturated heterocycles. The second kappa shape index (κ2) is 7.61. The smallest absolute Gasteiger partial charge is 0.0204 e. The molecule has 1 fully saturated rings. The summed E-state index contributed by atoms with van der Waals surface area (Å²) in [5, 5.41) is 6.68. The Bertz CT molecular complexity index is 64.8. The minimum absolute atomic E-state index is 0. The highest BCUT2D eigenvalue weighted by Gasteiger charge is 2.10. The Morgan fingerprint density at radius 3 is 2.60 bits per heavy atom. The van der Waals surface area contributed by atoms with E-state index in [2.05, 4.69) is 17.6 Å². The third-order valence-corrected chi connectivity index (χ3v) is 1.55. The molecule has 4 heteroatoms. The van der Waals surface area contributed by atoms with Crippen LogP contribution in [0.25, 0.3) is 0 Å². The van der Waals surface area contributed by atoms with Crippen molar-refractivity contribution < 1.29 is 0 Å². The van der Waals surface area contributed by atoms with Crippen LogP contribution < -0.4 is 10.6 Å². The zero-order valence-electron chi connectivity index (χ0n) is 6.22. The largest absolute Gasteiger partial charge is 0.315 e. The zero-order valence-corrected chi connectivity index (χ0v) is 7.86. The van der Waals surface area contributed by atoms with Crippen molar-refractivity contribution in [2.45, 2.75) is 19.4 Å². The molecule has 0 aliphatic carbocycles. The normalized spacial score (nSPS) is 23.1. The Morgan fingerprint density at radius 1 is 1.50 bits per heavy atom. The lowest BCUT2D eigenvalue weighted by Crippen LogP contribution is -2.30. The fourth-order valence-electron chi connectivity index (χ4n) is 1.12. The maximum atomic E-state index is 3.38. The number of hydrogen-bond acceptors (Lipinski definition) is 2. The van der Waals surface area contributed by atoms with Gasteiger partial charge >= 0.3 is 0 Å². The Labute approximate surface area is 75.0 Å². The van der Waals surface area contributed by atoms with Gasteiger partial charge in [0.05, 0.1) is 0 Å². The van der Waals surface area contributed by atoms with Gasteiger partial charge in [0.1, 0.15) is 0 Å². The summed E-state index contributed by atoms with van der Waals surface area (Å²) in [7, 11) is 0. The summed E-state index contributed by atoms with van der Waals surface area (Å²) in [6.45, 7) is 5.61. The molecule has 1 heterocycles. The lowest BCUT2D eigenvalue weighted by Gasteiger charge is -2.06. The van der Waals surface area contributed by atoms with Crippen molar-refractivity contribution in [2.75, 3.05) is 19.6 Å². The minimum Gasteiger partial charge on any atom is -0.315 e. The highest BCUT2D eigenvalue weighted by Crippen LogP contribution is 1.94. The van der Waals surface area contributed by atoms with Crippen molar-refractivity contribution in [1.82, 2.24) is 10.6 Å². The summed E-state index contributed by atoms with van der Waals surface area (Å²) in [4.78, 5) is 0. The van der Waals surface area contributed by atoms with Crippen molar-refractivity contribution in [3.05, 3.63) is 0 Å². The zero-order chi connectivity index (χ0) is 5.82. The minimum atomic E-state index is 0.